The molecule has 0 radical (unpaired) electrons. The first-order valence-corrected chi connectivity index (χ1v) is 8.83. The molecule has 1 amide bonds. The number of aryl methyl sites for hydroxylation is 1. The molecule has 3 rings (SSSR count). The Hall–Kier alpha value is -1.81. The van der Waals surface area contributed by atoms with E-state index >= 15 is 0 Å². The van der Waals surface area contributed by atoms with Gasteiger partial charge in [-0.2, -0.15) is 0 Å². The quantitative estimate of drug-likeness (QED) is 0.395. The Bertz CT molecular complexity index is 793. The number of nitrogens with one attached hydrogen (secondary N) is 1. The monoisotopic (exact) mass is 503 g/mol. The van der Waals surface area contributed by atoms with Gasteiger partial charge in [-0.15, -0.1) is 24.0 Å². The molecule has 1 fully saturated rings. The highest BCUT2D eigenvalue weighted by atomic mass is 127. The fraction of sp³-hybridized carbons (Fsp3) is 0.389. The molecule has 0 saturated carbocycles. The number of amides is 1. The molecule has 9 heteroatoms. The fourth-order valence-electron chi connectivity index (χ4n) is 2.86. The second-order valence-electron chi connectivity index (χ2n) is 6.20. The number of nitrogens with zero attached hydrogens (tertiary/aromatic N) is 4. The van der Waals surface area contributed by atoms with Gasteiger partial charge in [0.25, 0.3) is 0 Å². The predicted octanol–water partition coefficient (Wildman–Crippen LogP) is 2.67. The first kappa shape index (κ1) is 21.5. The highest BCUT2D eigenvalue weighted by molar-refractivity contribution is 14.0. The number of hydrogen-bond acceptors (Lipinski definition) is 4. The van der Waals surface area contributed by atoms with E-state index in [1.54, 1.807) is 7.05 Å². The van der Waals surface area contributed by atoms with Crippen LogP contribution in [0.3, 0.4) is 0 Å². The number of rotatable bonds is 4. The van der Waals surface area contributed by atoms with Gasteiger partial charge in [-0.1, -0.05) is 28.9 Å². The van der Waals surface area contributed by atoms with Crippen molar-refractivity contribution in [3.8, 4) is 0 Å². The van der Waals surface area contributed by atoms with E-state index in [0.717, 1.165) is 17.0 Å². The van der Waals surface area contributed by atoms with Crippen molar-refractivity contribution in [2.45, 2.75) is 20.0 Å². The Morgan fingerprint density at radius 3 is 2.67 bits per heavy atom. The normalized spacial score (nSPS) is 14.9. The van der Waals surface area contributed by atoms with Crippen LogP contribution in [0, 0.1) is 6.92 Å². The van der Waals surface area contributed by atoms with Crippen molar-refractivity contribution < 1.29 is 9.32 Å². The molecule has 0 bridgehead atoms. The van der Waals surface area contributed by atoms with Crippen molar-refractivity contribution >= 4 is 47.4 Å². The minimum Gasteiger partial charge on any atom is -0.359 e. The van der Waals surface area contributed by atoms with Gasteiger partial charge in [0.2, 0.25) is 5.91 Å². The van der Waals surface area contributed by atoms with Crippen LogP contribution < -0.4 is 5.32 Å². The number of benzene rings is 1. The van der Waals surface area contributed by atoms with E-state index in [2.05, 4.69) is 15.5 Å². The maximum Gasteiger partial charge on any atom is 0.242 e. The first-order chi connectivity index (χ1) is 12.5. The lowest BCUT2D eigenvalue weighted by atomic mass is 10.2. The zero-order valence-corrected chi connectivity index (χ0v) is 18.4. The predicted molar refractivity (Wildman–Crippen MR) is 115 cm³/mol. The Morgan fingerprint density at radius 1 is 1.33 bits per heavy atom. The summed E-state index contributed by atoms with van der Waals surface area (Å²) >= 11 is 5.91. The molecule has 0 spiro atoms. The van der Waals surface area contributed by atoms with Crippen molar-refractivity contribution in [2.75, 3.05) is 26.7 Å². The molecule has 1 saturated heterocycles. The van der Waals surface area contributed by atoms with Gasteiger partial charge in [-0.3, -0.25) is 9.79 Å². The van der Waals surface area contributed by atoms with E-state index in [-0.39, 0.29) is 29.9 Å². The molecular weight excluding hydrogens is 481 g/mol. The summed E-state index contributed by atoms with van der Waals surface area (Å²) in [7, 11) is 1.71. The standard InChI is InChI=1S/C18H22ClN5O2.HI/c1-13-9-16(26-22-13)10-21-18(20-2)24-8-7-23(17(25)12-24)11-14-3-5-15(19)6-4-14;/h3-6,9H,7-8,10-12H2,1-2H3,(H,20,21);1H. The van der Waals surface area contributed by atoms with Crippen molar-refractivity contribution in [3.63, 3.8) is 0 Å². The molecule has 7 nitrogen and oxygen atoms in total. The number of aliphatic imine (C=N–C) groups is 1. The van der Waals surface area contributed by atoms with E-state index in [0.29, 0.717) is 43.7 Å². The Morgan fingerprint density at radius 2 is 2.07 bits per heavy atom. The third-order valence-electron chi connectivity index (χ3n) is 4.21. The molecule has 1 N–H and O–H groups in total. The van der Waals surface area contributed by atoms with Gasteiger partial charge in [0.1, 0.15) is 0 Å². The Kier molecular flexibility index (Phi) is 7.91. The number of aromatic nitrogens is 1. The minimum atomic E-state index is 0. The summed E-state index contributed by atoms with van der Waals surface area (Å²) in [4.78, 5) is 20.6. The molecule has 0 unspecified atom stereocenters. The Balaban J connectivity index is 0.00000261. The lowest BCUT2D eigenvalue weighted by molar-refractivity contribution is -0.135. The summed E-state index contributed by atoms with van der Waals surface area (Å²) in [5.41, 5.74) is 1.90. The van der Waals surface area contributed by atoms with Gasteiger partial charge in [-0.25, -0.2) is 0 Å². The average Bonchev–Trinajstić information content (AvgIpc) is 3.05. The molecule has 0 atom stereocenters. The molecule has 2 heterocycles. The van der Waals surface area contributed by atoms with Crippen molar-refractivity contribution in [3.05, 3.63) is 52.4 Å². The smallest absolute Gasteiger partial charge is 0.242 e. The minimum absolute atomic E-state index is 0. The molecule has 27 heavy (non-hydrogen) atoms. The molecule has 1 aromatic carbocycles. The van der Waals surface area contributed by atoms with Gasteiger partial charge in [0.15, 0.2) is 11.7 Å². The second-order valence-corrected chi connectivity index (χ2v) is 6.64. The molecular formula is C18H23ClIN5O2. The SMILES string of the molecule is CN=C(NCc1cc(C)no1)N1CCN(Cc2ccc(Cl)cc2)C(=O)C1.I. The first-order valence-electron chi connectivity index (χ1n) is 8.45. The van der Waals surface area contributed by atoms with Gasteiger partial charge in [0, 0.05) is 37.8 Å². The molecule has 1 aliphatic heterocycles. The van der Waals surface area contributed by atoms with Crippen LogP contribution >= 0.6 is 35.6 Å². The van der Waals surface area contributed by atoms with Crippen molar-refractivity contribution in [1.82, 2.24) is 20.3 Å². The number of carbonyl (C=O) groups is 1. The number of piperazine rings is 1. The highest BCUT2D eigenvalue weighted by Crippen LogP contribution is 2.13. The molecule has 1 aliphatic rings. The second kappa shape index (κ2) is 9.93. The molecule has 0 aliphatic carbocycles. The molecule has 2 aromatic rings. The van der Waals surface area contributed by atoms with Crippen LogP contribution in [-0.4, -0.2) is 53.5 Å². The maximum atomic E-state index is 12.5. The maximum absolute atomic E-state index is 12.5. The van der Waals surface area contributed by atoms with Crippen LogP contribution in [0.2, 0.25) is 5.02 Å². The summed E-state index contributed by atoms with van der Waals surface area (Å²) in [5, 5.41) is 7.78. The van der Waals surface area contributed by atoms with Crippen LogP contribution in [0.1, 0.15) is 17.0 Å². The van der Waals surface area contributed by atoms with E-state index < -0.39 is 0 Å². The van der Waals surface area contributed by atoms with Crippen molar-refractivity contribution in [1.29, 1.82) is 0 Å². The highest BCUT2D eigenvalue weighted by Gasteiger charge is 2.26. The zero-order chi connectivity index (χ0) is 18.5. The van der Waals surface area contributed by atoms with Gasteiger partial charge in [0.05, 0.1) is 18.8 Å². The molecule has 146 valence electrons. The number of halogens is 2. The lowest BCUT2D eigenvalue weighted by Crippen LogP contribution is -2.54. The number of guanidine groups is 1. The van der Waals surface area contributed by atoms with Crippen LogP contribution in [-0.2, 0) is 17.9 Å². The summed E-state index contributed by atoms with van der Waals surface area (Å²) in [6.45, 7) is 4.60. The van der Waals surface area contributed by atoms with Crippen LogP contribution in [0.5, 0.6) is 0 Å². The number of carbonyl (C=O) groups excluding carboxylic acids is 1. The zero-order valence-electron chi connectivity index (χ0n) is 15.3. The largest absolute Gasteiger partial charge is 0.359 e. The van der Waals surface area contributed by atoms with Crippen molar-refractivity contribution in [2.24, 2.45) is 4.99 Å². The topological polar surface area (TPSA) is 74.0 Å². The average molecular weight is 504 g/mol. The van der Waals surface area contributed by atoms with Gasteiger partial charge >= 0.3 is 0 Å². The van der Waals surface area contributed by atoms with Gasteiger partial charge in [-0.05, 0) is 24.6 Å². The summed E-state index contributed by atoms with van der Waals surface area (Å²) < 4.78 is 5.19. The fourth-order valence-corrected chi connectivity index (χ4v) is 2.99. The van der Waals surface area contributed by atoms with Crippen LogP contribution in [0.15, 0.2) is 39.8 Å². The van der Waals surface area contributed by atoms with E-state index in [4.69, 9.17) is 16.1 Å². The summed E-state index contributed by atoms with van der Waals surface area (Å²) in [6.07, 6.45) is 0. The summed E-state index contributed by atoms with van der Waals surface area (Å²) in [6, 6.07) is 9.45. The van der Waals surface area contributed by atoms with E-state index in [9.17, 15) is 4.79 Å². The van der Waals surface area contributed by atoms with Crippen LogP contribution in [0.4, 0.5) is 0 Å². The third-order valence-corrected chi connectivity index (χ3v) is 4.47. The van der Waals surface area contributed by atoms with E-state index in [1.807, 2.05) is 47.1 Å². The molecule has 1 aromatic heterocycles. The third kappa shape index (κ3) is 5.83. The van der Waals surface area contributed by atoms with E-state index in [1.165, 1.54) is 0 Å². The van der Waals surface area contributed by atoms with Gasteiger partial charge < -0.3 is 19.6 Å². The Labute approximate surface area is 180 Å². The number of hydrogen-bond donors (Lipinski definition) is 1. The summed E-state index contributed by atoms with van der Waals surface area (Å²) in [5.74, 6) is 1.49. The van der Waals surface area contributed by atoms with Crippen LogP contribution in [0.25, 0.3) is 0 Å². The lowest BCUT2D eigenvalue weighted by Gasteiger charge is -2.36.